The van der Waals surface area contributed by atoms with Gasteiger partial charge in [-0.2, -0.15) is 0 Å². The third-order valence-corrected chi connectivity index (χ3v) is 7.29. The molecule has 168 valence electrons. The molecule has 3 N–H and O–H groups in total. The molecule has 0 amide bonds. The quantitative estimate of drug-likeness (QED) is 0.657. The molecule has 0 bridgehead atoms. The third kappa shape index (κ3) is 5.21. The molecule has 0 radical (unpaired) electrons. The first kappa shape index (κ1) is 22.1. The van der Waals surface area contributed by atoms with Crippen LogP contribution in [0.3, 0.4) is 0 Å². The van der Waals surface area contributed by atoms with Crippen molar-refractivity contribution in [1.29, 1.82) is 0 Å². The van der Waals surface area contributed by atoms with Gasteiger partial charge in [0.05, 0.1) is 6.67 Å². The van der Waals surface area contributed by atoms with E-state index in [9.17, 15) is 4.39 Å². The Hall–Kier alpha value is -2.11. The van der Waals surface area contributed by atoms with Crippen LogP contribution >= 0.6 is 0 Å². The molecule has 2 aromatic carbocycles. The maximum atomic E-state index is 15.0. The number of rotatable bonds is 5. The minimum absolute atomic E-state index is 0.0467. The second kappa shape index (κ2) is 9.58. The van der Waals surface area contributed by atoms with E-state index in [2.05, 4.69) is 54.2 Å². The van der Waals surface area contributed by atoms with Gasteiger partial charge in [-0.25, -0.2) is 4.39 Å². The van der Waals surface area contributed by atoms with Crippen molar-refractivity contribution in [3.8, 4) is 0 Å². The van der Waals surface area contributed by atoms with Crippen molar-refractivity contribution in [3.63, 3.8) is 0 Å². The number of benzene rings is 2. The van der Waals surface area contributed by atoms with Crippen molar-refractivity contribution in [3.05, 3.63) is 58.4 Å². The summed E-state index contributed by atoms with van der Waals surface area (Å²) >= 11 is 0. The van der Waals surface area contributed by atoms with Gasteiger partial charge in [-0.15, -0.1) is 0 Å². The van der Waals surface area contributed by atoms with Crippen molar-refractivity contribution in [1.82, 2.24) is 9.80 Å². The summed E-state index contributed by atoms with van der Waals surface area (Å²) in [6, 6.07) is 10.1. The number of anilines is 2. The van der Waals surface area contributed by atoms with Crippen molar-refractivity contribution in [2.24, 2.45) is 0 Å². The molecule has 2 saturated heterocycles. The van der Waals surface area contributed by atoms with Gasteiger partial charge in [0.25, 0.3) is 0 Å². The molecule has 31 heavy (non-hydrogen) atoms. The topological polar surface area (TPSA) is 44.5 Å². The highest BCUT2D eigenvalue weighted by molar-refractivity contribution is 5.50. The lowest BCUT2D eigenvalue weighted by Crippen LogP contribution is -2.36. The zero-order chi connectivity index (χ0) is 22.0. The van der Waals surface area contributed by atoms with Crippen LogP contribution in [-0.4, -0.2) is 49.7 Å². The van der Waals surface area contributed by atoms with Crippen LogP contribution in [0.2, 0.25) is 0 Å². The molecule has 5 heteroatoms. The van der Waals surface area contributed by atoms with E-state index in [1.165, 1.54) is 11.1 Å². The van der Waals surface area contributed by atoms with Crippen molar-refractivity contribution >= 4 is 11.4 Å². The summed E-state index contributed by atoms with van der Waals surface area (Å²) < 4.78 is 15.0. The zero-order valence-corrected chi connectivity index (χ0v) is 19.3. The standard InChI is InChI=1S/C26H37FN4/c1-18-14-22(28)4-5-24(18)20-8-12-31(13-9-20)17-29-23-15-19(2)26(25(27)16-23)21-6-10-30(3)11-7-21/h4-5,14-16,20-21,29H,6-13,17,28H2,1-3H3. The lowest BCUT2D eigenvalue weighted by atomic mass is 9.86. The van der Waals surface area contributed by atoms with Crippen LogP contribution in [0, 0.1) is 19.7 Å². The van der Waals surface area contributed by atoms with Gasteiger partial charge in [0, 0.05) is 24.5 Å². The zero-order valence-electron chi connectivity index (χ0n) is 19.3. The molecule has 2 aromatic rings. The molecule has 0 aromatic heterocycles. The Morgan fingerprint density at radius 1 is 0.935 bits per heavy atom. The molecule has 0 saturated carbocycles. The van der Waals surface area contributed by atoms with Gasteiger partial charge in [-0.1, -0.05) is 6.07 Å². The molecule has 2 heterocycles. The fraction of sp³-hybridized carbons (Fsp3) is 0.538. The summed E-state index contributed by atoms with van der Waals surface area (Å²) in [6.07, 6.45) is 4.39. The largest absolute Gasteiger partial charge is 0.399 e. The van der Waals surface area contributed by atoms with Crippen LogP contribution in [0.4, 0.5) is 15.8 Å². The van der Waals surface area contributed by atoms with Gasteiger partial charge in [0.15, 0.2) is 0 Å². The summed E-state index contributed by atoms with van der Waals surface area (Å²) in [6.45, 7) is 9.19. The second-order valence-corrected chi connectivity index (χ2v) is 9.61. The van der Waals surface area contributed by atoms with Gasteiger partial charge in [0.2, 0.25) is 0 Å². The average molecular weight is 425 g/mol. The molecule has 4 rings (SSSR count). The monoisotopic (exact) mass is 424 g/mol. The fourth-order valence-electron chi connectivity index (χ4n) is 5.43. The lowest BCUT2D eigenvalue weighted by molar-refractivity contribution is 0.225. The summed E-state index contributed by atoms with van der Waals surface area (Å²) in [5, 5.41) is 3.47. The van der Waals surface area contributed by atoms with Gasteiger partial charge < -0.3 is 16.0 Å². The number of hydrogen-bond acceptors (Lipinski definition) is 4. The molecule has 0 aliphatic carbocycles. The minimum atomic E-state index is -0.0467. The summed E-state index contributed by atoms with van der Waals surface area (Å²) in [5.74, 6) is 0.904. The predicted octanol–water partition coefficient (Wildman–Crippen LogP) is 5.08. The van der Waals surface area contributed by atoms with Crippen molar-refractivity contribution in [2.75, 3.05) is 50.9 Å². The van der Waals surface area contributed by atoms with E-state index in [1.54, 1.807) is 6.07 Å². The maximum Gasteiger partial charge on any atom is 0.129 e. The molecule has 2 aliphatic heterocycles. The Labute approximate surface area is 186 Å². The maximum absolute atomic E-state index is 15.0. The number of aryl methyl sites for hydroxylation is 2. The molecule has 0 atom stereocenters. The lowest BCUT2D eigenvalue weighted by Gasteiger charge is -2.33. The smallest absolute Gasteiger partial charge is 0.129 e. The molecule has 4 nitrogen and oxygen atoms in total. The van der Waals surface area contributed by atoms with Crippen LogP contribution < -0.4 is 11.1 Å². The van der Waals surface area contributed by atoms with Gasteiger partial charge in [-0.05, 0) is 118 Å². The molecule has 0 spiro atoms. The minimum Gasteiger partial charge on any atom is -0.399 e. The van der Waals surface area contributed by atoms with E-state index in [0.29, 0.717) is 11.8 Å². The SMILES string of the molecule is Cc1cc(N)ccc1C1CCN(CNc2cc(C)c(C3CCN(C)CC3)c(F)c2)CC1. The Balaban J connectivity index is 1.32. The highest BCUT2D eigenvalue weighted by atomic mass is 19.1. The molecular weight excluding hydrogens is 387 g/mol. The van der Waals surface area contributed by atoms with E-state index >= 15 is 0 Å². The number of nitrogens with zero attached hydrogens (tertiary/aromatic N) is 2. The number of nitrogen functional groups attached to an aromatic ring is 1. The van der Waals surface area contributed by atoms with Crippen LogP contribution in [0.15, 0.2) is 30.3 Å². The Kier molecular flexibility index (Phi) is 6.83. The van der Waals surface area contributed by atoms with E-state index in [0.717, 1.165) is 81.0 Å². The van der Waals surface area contributed by atoms with E-state index < -0.39 is 0 Å². The molecular formula is C26H37FN4. The highest BCUT2D eigenvalue weighted by Gasteiger charge is 2.24. The summed E-state index contributed by atoms with van der Waals surface area (Å²) in [7, 11) is 2.15. The van der Waals surface area contributed by atoms with Gasteiger partial charge >= 0.3 is 0 Å². The predicted molar refractivity (Wildman–Crippen MR) is 128 cm³/mol. The highest BCUT2D eigenvalue weighted by Crippen LogP contribution is 2.34. The number of halogens is 1. The number of likely N-dealkylation sites (tertiary alicyclic amines) is 2. The Morgan fingerprint density at radius 2 is 1.61 bits per heavy atom. The van der Waals surface area contributed by atoms with Crippen LogP contribution in [0.5, 0.6) is 0 Å². The van der Waals surface area contributed by atoms with Gasteiger partial charge in [-0.3, -0.25) is 4.90 Å². The van der Waals surface area contributed by atoms with Crippen LogP contribution in [0.1, 0.15) is 59.8 Å². The number of nitrogens with one attached hydrogen (secondary N) is 1. The van der Waals surface area contributed by atoms with Crippen LogP contribution in [0.25, 0.3) is 0 Å². The van der Waals surface area contributed by atoms with Crippen molar-refractivity contribution < 1.29 is 4.39 Å². The normalized spacial score (nSPS) is 19.6. The van der Waals surface area contributed by atoms with E-state index in [-0.39, 0.29) is 5.82 Å². The van der Waals surface area contributed by atoms with Crippen LogP contribution in [-0.2, 0) is 0 Å². The molecule has 2 aliphatic rings. The Morgan fingerprint density at radius 3 is 2.26 bits per heavy atom. The fourth-order valence-corrected chi connectivity index (χ4v) is 5.43. The second-order valence-electron chi connectivity index (χ2n) is 9.61. The van der Waals surface area contributed by atoms with E-state index in [1.807, 2.05) is 6.07 Å². The van der Waals surface area contributed by atoms with E-state index in [4.69, 9.17) is 5.73 Å². The average Bonchev–Trinajstić information content (AvgIpc) is 2.74. The molecule has 2 fully saturated rings. The van der Waals surface area contributed by atoms with Crippen molar-refractivity contribution in [2.45, 2.75) is 51.4 Å². The van der Waals surface area contributed by atoms with Gasteiger partial charge in [0.1, 0.15) is 5.82 Å². The number of piperidine rings is 2. The third-order valence-electron chi connectivity index (χ3n) is 7.29. The summed E-state index contributed by atoms with van der Waals surface area (Å²) in [4.78, 5) is 4.76. The summed E-state index contributed by atoms with van der Waals surface area (Å²) in [5.41, 5.74) is 12.4. The Bertz CT molecular complexity index is 873. The number of nitrogens with two attached hydrogens (primary N) is 1. The molecule has 0 unspecified atom stereocenters. The first-order valence-electron chi connectivity index (χ1n) is 11.7. The first-order chi connectivity index (χ1) is 14.9. The number of hydrogen-bond donors (Lipinski definition) is 2. The first-order valence-corrected chi connectivity index (χ1v) is 11.7.